The van der Waals surface area contributed by atoms with Gasteiger partial charge in [-0.3, -0.25) is 4.98 Å². The topological polar surface area (TPSA) is 24.9 Å². The average molecular weight is 242 g/mol. The number of nitrogens with one attached hydrogen (secondary N) is 1. The number of para-hydroxylation sites is 1. The Morgan fingerprint density at radius 3 is 2.67 bits per heavy atom. The number of fused-ring (bicyclic) bond motifs is 1. The summed E-state index contributed by atoms with van der Waals surface area (Å²) in [6.07, 6.45) is 5.32. The number of hydrogen-bond acceptors (Lipinski definition) is 2. The van der Waals surface area contributed by atoms with E-state index in [1.54, 1.807) is 0 Å². The molecule has 0 fully saturated rings. The zero-order valence-corrected chi connectivity index (χ0v) is 11.3. The van der Waals surface area contributed by atoms with Crippen LogP contribution >= 0.6 is 0 Å². The molecule has 1 heterocycles. The van der Waals surface area contributed by atoms with E-state index in [1.165, 1.54) is 23.8 Å². The third-order valence-electron chi connectivity index (χ3n) is 3.53. The van der Waals surface area contributed by atoms with Crippen molar-refractivity contribution in [3.63, 3.8) is 0 Å². The summed E-state index contributed by atoms with van der Waals surface area (Å²) >= 11 is 0. The van der Waals surface area contributed by atoms with Crippen molar-refractivity contribution < 1.29 is 0 Å². The van der Waals surface area contributed by atoms with Crippen LogP contribution in [0.5, 0.6) is 0 Å². The van der Waals surface area contributed by atoms with Crippen molar-refractivity contribution in [2.45, 2.75) is 39.2 Å². The van der Waals surface area contributed by atoms with Crippen molar-refractivity contribution in [2.24, 2.45) is 0 Å². The van der Waals surface area contributed by atoms with Gasteiger partial charge in [-0.05, 0) is 37.4 Å². The third-order valence-corrected chi connectivity index (χ3v) is 3.53. The molecule has 0 amide bonds. The summed E-state index contributed by atoms with van der Waals surface area (Å²) in [7, 11) is 0. The standard InChI is InChI=1S/C16H22N2/c1-3-15(4-2)17-12-10-14-8-5-7-13-9-6-11-18-16(13)14/h5-9,11,15,17H,3-4,10,12H2,1-2H3. The largest absolute Gasteiger partial charge is 0.314 e. The maximum atomic E-state index is 4.49. The number of benzene rings is 1. The highest BCUT2D eigenvalue weighted by Gasteiger charge is 2.04. The molecule has 0 saturated carbocycles. The molecule has 0 atom stereocenters. The summed E-state index contributed by atoms with van der Waals surface area (Å²) in [4.78, 5) is 4.49. The molecule has 0 unspecified atom stereocenters. The zero-order chi connectivity index (χ0) is 12.8. The summed E-state index contributed by atoms with van der Waals surface area (Å²) in [5.74, 6) is 0. The van der Waals surface area contributed by atoms with Crippen molar-refractivity contribution in [1.29, 1.82) is 0 Å². The lowest BCUT2D eigenvalue weighted by Crippen LogP contribution is -2.29. The molecule has 0 aliphatic heterocycles. The van der Waals surface area contributed by atoms with E-state index >= 15 is 0 Å². The molecule has 2 rings (SSSR count). The summed E-state index contributed by atoms with van der Waals surface area (Å²) in [6.45, 7) is 5.50. The van der Waals surface area contributed by atoms with Gasteiger partial charge in [-0.15, -0.1) is 0 Å². The Hall–Kier alpha value is -1.41. The number of hydrogen-bond donors (Lipinski definition) is 1. The fourth-order valence-corrected chi connectivity index (χ4v) is 2.36. The maximum absolute atomic E-state index is 4.49. The smallest absolute Gasteiger partial charge is 0.0734 e. The van der Waals surface area contributed by atoms with Crippen LogP contribution in [0.2, 0.25) is 0 Å². The van der Waals surface area contributed by atoms with Gasteiger partial charge in [-0.2, -0.15) is 0 Å². The molecule has 18 heavy (non-hydrogen) atoms. The molecule has 0 aliphatic carbocycles. The predicted octanol–water partition coefficient (Wildman–Crippen LogP) is 3.56. The summed E-state index contributed by atoms with van der Waals surface area (Å²) in [5, 5.41) is 4.84. The minimum Gasteiger partial charge on any atom is -0.314 e. The van der Waals surface area contributed by atoms with Gasteiger partial charge in [0.25, 0.3) is 0 Å². The molecule has 2 nitrogen and oxygen atoms in total. The minimum atomic E-state index is 0.646. The second kappa shape index (κ2) is 6.50. The van der Waals surface area contributed by atoms with Crippen LogP contribution in [0.4, 0.5) is 0 Å². The van der Waals surface area contributed by atoms with E-state index in [1.807, 2.05) is 12.3 Å². The molecule has 1 N–H and O–H groups in total. The fourth-order valence-electron chi connectivity index (χ4n) is 2.36. The van der Waals surface area contributed by atoms with Crippen LogP contribution in [0.1, 0.15) is 32.3 Å². The molecule has 0 saturated heterocycles. The van der Waals surface area contributed by atoms with Gasteiger partial charge in [0.15, 0.2) is 0 Å². The zero-order valence-electron chi connectivity index (χ0n) is 11.3. The number of nitrogens with zero attached hydrogens (tertiary/aromatic N) is 1. The SMILES string of the molecule is CCC(CC)NCCc1cccc2cccnc12. The first-order valence-corrected chi connectivity index (χ1v) is 6.91. The van der Waals surface area contributed by atoms with Gasteiger partial charge >= 0.3 is 0 Å². The molecule has 1 aromatic heterocycles. The Kier molecular flexibility index (Phi) is 4.71. The van der Waals surface area contributed by atoms with Crippen LogP contribution in [-0.4, -0.2) is 17.6 Å². The molecule has 0 spiro atoms. The van der Waals surface area contributed by atoms with E-state index in [-0.39, 0.29) is 0 Å². The van der Waals surface area contributed by atoms with Crippen molar-refractivity contribution >= 4 is 10.9 Å². The van der Waals surface area contributed by atoms with Crippen LogP contribution in [-0.2, 0) is 6.42 Å². The quantitative estimate of drug-likeness (QED) is 0.838. The monoisotopic (exact) mass is 242 g/mol. The van der Waals surface area contributed by atoms with E-state index < -0.39 is 0 Å². The van der Waals surface area contributed by atoms with Crippen molar-refractivity contribution in [1.82, 2.24) is 10.3 Å². The maximum Gasteiger partial charge on any atom is 0.0734 e. The molecule has 2 aromatic rings. The lowest BCUT2D eigenvalue weighted by atomic mass is 10.1. The molecular weight excluding hydrogens is 220 g/mol. The highest BCUT2D eigenvalue weighted by atomic mass is 14.9. The first-order valence-electron chi connectivity index (χ1n) is 6.91. The van der Waals surface area contributed by atoms with Gasteiger partial charge < -0.3 is 5.32 Å². The van der Waals surface area contributed by atoms with Gasteiger partial charge in [-0.1, -0.05) is 38.1 Å². The van der Waals surface area contributed by atoms with Crippen LogP contribution < -0.4 is 5.32 Å². The Labute approximate surface area is 109 Å². The molecule has 0 radical (unpaired) electrons. The lowest BCUT2D eigenvalue weighted by Gasteiger charge is -2.14. The third kappa shape index (κ3) is 3.08. The minimum absolute atomic E-state index is 0.646. The molecule has 96 valence electrons. The molecule has 1 aromatic carbocycles. The van der Waals surface area contributed by atoms with Gasteiger partial charge in [0.1, 0.15) is 0 Å². The van der Waals surface area contributed by atoms with E-state index in [4.69, 9.17) is 0 Å². The van der Waals surface area contributed by atoms with Crippen molar-refractivity contribution in [3.8, 4) is 0 Å². The van der Waals surface area contributed by atoms with Gasteiger partial charge in [0.2, 0.25) is 0 Å². The van der Waals surface area contributed by atoms with Crippen LogP contribution in [0.25, 0.3) is 10.9 Å². The predicted molar refractivity (Wildman–Crippen MR) is 77.8 cm³/mol. The van der Waals surface area contributed by atoms with Crippen LogP contribution in [0.15, 0.2) is 36.5 Å². The summed E-state index contributed by atoms with van der Waals surface area (Å²) in [6, 6.07) is 11.2. The first-order chi connectivity index (χ1) is 8.85. The molecule has 0 aliphatic rings. The van der Waals surface area contributed by atoms with Crippen LogP contribution in [0, 0.1) is 0 Å². The number of aromatic nitrogens is 1. The van der Waals surface area contributed by atoms with E-state index in [9.17, 15) is 0 Å². The highest BCUT2D eigenvalue weighted by Crippen LogP contribution is 2.16. The summed E-state index contributed by atoms with van der Waals surface area (Å²) < 4.78 is 0. The van der Waals surface area contributed by atoms with E-state index in [0.717, 1.165) is 18.5 Å². The van der Waals surface area contributed by atoms with Gasteiger partial charge in [0, 0.05) is 17.6 Å². The van der Waals surface area contributed by atoms with Crippen molar-refractivity contribution in [2.75, 3.05) is 6.54 Å². The molecule has 2 heteroatoms. The van der Waals surface area contributed by atoms with E-state index in [2.05, 4.69) is 48.4 Å². The van der Waals surface area contributed by atoms with Crippen LogP contribution in [0.3, 0.4) is 0 Å². The molecule has 0 bridgehead atoms. The lowest BCUT2D eigenvalue weighted by molar-refractivity contribution is 0.488. The number of pyridine rings is 1. The second-order valence-electron chi connectivity index (χ2n) is 4.71. The summed E-state index contributed by atoms with van der Waals surface area (Å²) in [5.41, 5.74) is 2.48. The molecular formula is C16H22N2. The number of rotatable bonds is 6. The normalized spacial score (nSPS) is 11.3. The first kappa shape index (κ1) is 13.0. The Bertz CT molecular complexity index is 484. The van der Waals surface area contributed by atoms with Gasteiger partial charge in [0.05, 0.1) is 5.52 Å². The van der Waals surface area contributed by atoms with Crippen molar-refractivity contribution in [3.05, 3.63) is 42.1 Å². The second-order valence-corrected chi connectivity index (χ2v) is 4.71. The highest BCUT2D eigenvalue weighted by molar-refractivity contribution is 5.81. The Morgan fingerprint density at radius 1 is 1.11 bits per heavy atom. The Balaban J connectivity index is 2.03. The van der Waals surface area contributed by atoms with Gasteiger partial charge in [-0.25, -0.2) is 0 Å². The van der Waals surface area contributed by atoms with E-state index in [0.29, 0.717) is 6.04 Å². The average Bonchev–Trinajstić information content (AvgIpc) is 2.44. The Morgan fingerprint density at radius 2 is 1.89 bits per heavy atom. The fraction of sp³-hybridized carbons (Fsp3) is 0.438.